The smallest absolute Gasteiger partial charge is 0.338 e. The molecule has 1 heterocycles. The summed E-state index contributed by atoms with van der Waals surface area (Å²) in [6.07, 6.45) is -0.00624. The molecule has 1 fully saturated rings. The van der Waals surface area contributed by atoms with E-state index in [1.165, 1.54) is 0 Å². The Hall–Kier alpha value is -2.28. The summed E-state index contributed by atoms with van der Waals surface area (Å²) in [5, 5.41) is 0. The van der Waals surface area contributed by atoms with Gasteiger partial charge in [0.2, 0.25) is 0 Å². The van der Waals surface area contributed by atoms with Gasteiger partial charge in [-0.3, -0.25) is 4.79 Å². The fourth-order valence-corrected chi connectivity index (χ4v) is 2.52. The van der Waals surface area contributed by atoms with Gasteiger partial charge in [0.05, 0.1) is 31.5 Å². The fraction of sp³-hybridized carbons (Fsp3) is 0.556. The molecule has 0 saturated carbocycles. The number of ether oxygens (including phenoxy) is 4. The predicted molar refractivity (Wildman–Crippen MR) is 91.1 cm³/mol. The minimum Gasteiger partial charge on any atom is -0.490 e. The van der Waals surface area contributed by atoms with Crippen molar-refractivity contribution < 1.29 is 28.5 Å². The highest BCUT2D eigenvalue weighted by Gasteiger charge is 2.22. The quantitative estimate of drug-likeness (QED) is 0.699. The maximum absolute atomic E-state index is 12.2. The second-order valence-corrected chi connectivity index (χ2v) is 5.62. The lowest BCUT2D eigenvalue weighted by molar-refractivity contribution is -0.141. The number of morpholine rings is 1. The number of hydrogen-bond donors (Lipinski definition) is 0. The first-order chi connectivity index (χ1) is 12.0. The Kier molecular flexibility index (Phi) is 7.06. The topological polar surface area (TPSA) is 74.3 Å². The number of benzene rings is 1. The van der Waals surface area contributed by atoms with Crippen LogP contribution in [0, 0.1) is 0 Å². The minimum absolute atomic E-state index is 0.00624. The van der Waals surface area contributed by atoms with E-state index in [0.29, 0.717) is 50.0 Å². The van der Waals surface area contributed by atoms with Crippen molar-refractivity contribution in [1.29, 1.82) is 0 Å². The second-order valence-electron chi connectivity index (χ2n) is 5.62. The summed E-state index contributed by atoms with van der Waals surface area (Å²) >= 11 is 0. The van der Waals surface area contributed by atoms with Gasteiger partial charge in [-0.25, -0.2) is 4.79 Å². The van der Waals surface area contributed by atoms with Gasteiger partial charge >= 0.3 is 5.97 Å². The van der Waals surface area contributed by atoms with Crippen molar-refractivity contribution in [3.05, 3.63) is 23.8 Å². The van der Waals surface area contributed by atoms with Crippen LogP contribution in [-0.2, 0) is 14.3 Å². The second kappa shape index (κ2) is 9.27. The number of amides is 1. The maximum Gasteiger partial charge on any atom is 0.338 e. The minimum atomic E-state index is -0.571. The van der Waals surface area contributed by atoms with Crippen LogP contribution in [0.4, 0.5) is 0 Å². The van der Waals surface area contributed by atoms with E-state index in [1.54, 1.807) is 23.1 Å². The summed E-state index contributed by atoms with van der Waals surface area (Å²) in [5.41, 5.74) is 0.315. The monoisotopic (exact) mass is 351 g/mol. The van der Waals surface area contributed by atoms with Gasteiger partial charge in [-0.05, 0) is 39.0 Å². The Morgan fingerprint density at radius 2 is 1.92 bits per heavy atom. The normalized spacial score (nSPS) is 17.1. The average Bonchev–Trinajstić information content (AvgIpc) is 2.61. The van der Waals surface area contributed by atoms with Crippen LogP contribution in [-0.4, -0.2) is 62.4 Å². The lowest BCUT2D eigenvalue weighted by Gasteiger charge is -2.30. The molecule has 1 atom stereocenters. The molecule has 1 amide bonds. The van der Waals surface area contributed by atoms with Crippen LogP contribution in [0.25, 0.3) is 0 Å². The Morgan fingerprint density at radius 3 is 2.60 bits per heavy atom. The third kappa shape index (κ3) is 5.35. The lowest BCUT2D eigenvalue weighted by atomic mass is 10.2. The van der Waals surface area contributed by atoms with Gasteiger partial charge in [0.15, 0.2) is 18.1 Å². The molecule has 0 aromatic heterocycles. The van der Waals surface area contributed by atoms with Crippen molar-refractivity contribution >= 4 is 11.9 Å². The standard InChI is InChI=1S/C18H25NO6/c1-4-22-15-7-6-14(10-16(15)23-5-2)18(21)25-12-17(20)19-8-9-24-13(3)11-19/h6-7,10,13H,4-5,8-9,11-12H2,1-3H3. The molecule has 1 aromatic rings. The largest absolute Gasteiger partial charge is 0.490 e. The highest BCUT2D eigenvalue weighted by atomic mass is 16.5. The summed E-state index contributed by atoms with van der Waals surface area (Å²) in [6, 6.07) is 4.83. The molecule has 138 valence electrons. The number of carbonyl (C=O) groups excluding carboxylic acids is 2. The molecule has 1 aromatic carbocycles. The third-order valence-corrected chi connectivity index (χ3v) is 3.70. The van der Waals surface area contributed by atoms with Crippen molar-refractivity contribution in [3.8, 4) is 11.5 Å². The third-order valence-electron chi connectivity index (χ3n) is 3.70. The van der Waals surface area contributed by atoms with E-state index < -0.39 is 5.97 Å². The molecule has 7 nitrogen and oxygen atoms in total. The summed E-state index contributed by atoms with van der Waals surface area (Å²) in [6.45, 7) is 7.80. The SMILES string of the molecule is CCOc1ccc(C(=O)OCC(=O)N2CCOC(C)C2)cc1OCC. The summed E-state index contributed by atoms with van der Waals surface area (Å²) in [7, 11) is 0. The summed E-state index contributed by atoms with van der Waals surface area (Å²) < 4.78 is 21.5. The van der Waals surface area contributed by atoms with Gasteiger partial charge in [-0.1, -0.05) is 0 Å². The highest BCUT2D eigenvalue weighted by molar-refractivity contribution is 5.92. The molecular formula is C18H25NO6. The van der Waals surface area contributed by atoms with Gasteiger partial charge in [0.1, 0.15) is 0 Å². The van der Waals surface area contributed by atoms with E-state index in [4.69, 9.17) is 18.9 Å². The van der Waals surface area contributed by atoms with Crippen LogP contribution in [0.3, 0.4) is 0 Å². The molecule has 1 aliphatic rings. The summed E-state index contributed by atoms with van der Waals surface area (Å²) in [4.78, 5) is 26.0. The van der Waals surface area contributed by atoms with Gasteiger partial charge in [-0.15, -0.1) is 0 Å². The number of hydrogen-bond acceptors (Lipinski definition) is 6. The van der Waals surface area contributed by atoms with Gasteiger partial charge in [0.25, 0.3) is 5.91 Å². The van der Waals surface area contributed by atoms with E-state index in [1.807, 2.05) is 20.8 Å². The molecule has 0 radical (unpaired) electrons. The predicted octanol–water partition coefficient (Wildman–Crippen LogP) is 1.89. The molecule has 0 spiro atoms. The van der Waals surface area contributed by atoms with Crippen molar-refractivity contribution in [2.45, 2.75) is 26.9 Å². The number of carbonyl (C=O) groups is 2. The maximum atomic E-state index is 12.2. The molecule has 7 heteroatoms. The lowest BCUT2D eigenvalue weighted by Crippen LogP contribution is -2.46. The van der Waals surface area contributed by atoms with Crippen LogP contribution < -0.4 is 9.47 Å². The average molecular weight is 351 g/mol. The van der Waals surface area contributed by atoms with Crippen LogP contribution in [0.2, 0.25) is 0 Å². The molecule has 0 bridgehead atoms. The zero-order valence-corrected chi connectivity index (χ0v) is 14.9. The molecule has 1 aliphatic heterocycles. The number of esters is 1. The molecule has 25 heavy (non-hydrogen) atoms. The molecule has 0 N–H and O–H groups in total. The van der Waals surface area contributed by atoms with E-state index in [2.05, 4.69) is 0 Å². The Balaban J connectivity index is 1.95. The van der Waals surface area contributed by atoms with Crippen molar-refractivity contribution in [1.82, 2.24) is 4.90 Å². The first kappa shape index (κ1) is 19.1. The van der Waals surface area contributed by atoms with Crippen LogP contribution in [0.15, 0.2) is 18.2 Å². The van der Waals surface area contributed by atoms with Crippen molar-refractivity contribution in [2.24, 2.45) is 0 Å². The number of rotatable bonds is 7. The van der Waals surface area contributed by atoms with Crippen molar-refractivity contribution in [3.63, 3.8) is 0 Å². The van der Waals surface area contributed by atoms with Gasteiger partial charge in [-0.2, -0.15) is 0 Å². The van der Waals surface area contributed by atoms with Crippen LogP contribution >= 0.6 is 0 Å². The Labute approximate surface area is 147 Å². The van der Waals surface area contributed by atoms with Crippen LogP contribution in [0.5, 0.6) is 11.5 Å². The zero-order valence-electron chi connectivity index (χ0n) is 14.9. The van der Waals surface area contributed by atoms with Gasteiger partial charge in [0, 0.05) is 13.1 Å². The summed E-state index contributed by atoms with van der Waals surface area (Å²) in [5.74, 6) is 0.254. The molecular weight excluding hydrogens is 326 g/mol. The first-order valence-corrected chi connectivity index (χ1v) is 8.51. The number of nitrogens with zero attached hydrogens (tertiary/aromatic N) is 1. The van der Waals surface area contributed by atoms with Crippen molar-refractivity contribution in [2.75, 3.05) is 39.5 Å². The Bertz CT molecular complexity index is 603. The van der Waals surface area contributed by atoms with E-state index in [9.17, 15) is 9.59 Å². The van der Waals surface area contributed by atoms with E-state index >= 15 is 0 Å². The molecule has 1 saturated heterocycles. The first-order valence-electron chi connectivity index (χ1n) is 8.51. The molecule has 1 unspecified atom stereocenters. The van der Waals surface area contributed by atoms with E-state index in [0.717, 1.165) is 0 Å². The van der Waals surface area contributed by atoms with E-state index in [-0.39, 0.29) is 18.6 Å². The van der Waals surface area contributed by atoms with Gasteiger partial charge < -0.3 is 23.8 Å². The fourth-order valence-electron chi connectivity index (χ4n) is 2.52. The highest BCUT2D eigenvalue weighted by Crippen LogP contribution is 2.28. The molecule has 2 rings (SSSR count). The Morgan fingerprint density at radius 1 is 1.20 bits per heavy atom. The zero-order chi connectivity index (χ0) is 18.2. The van der Waals surface area contributed by atoms with Crippen LogP contribution in [0.1, 0.15) is 31.1 Å². The molecule has 0 aliphatic carbocycles.